The van der Waals surface area contributed by atoms with Crippen LogP contribution in [0.3, 0.4) is 0 Å². The van der Waals surface area contributed by atoms with Crippen molar-refractivity contribution in [1.82, 2.24) is 24.9 Å². The number of carbonyl (C=O) groups is 1. The van der Waals surface area contributed by atoms with Crippen molar-refractivity contribution < 1.29 is 9.53 Å². The van der Waals surface area contributed by atoms with Crippen LogP contribution in [0.25, 0.3) is 11.8 Å². The molecule has 0 unspecified atom stereocenters. The Morgan fingerprint density at radius 1 is 1.28 bits per heavy atom. The molecule has 128 valence electrons. The number of amides is 1. The molecular weight excluding hydrogens is 318 g/mol. The molecule has 0 saturated heterocycles. The summed E-state index contributed by atoms with van der Waals surface area (Å²) in [6, 6.07) is 9.47. The van der Waals surface area contributed by atoms with Crippen LogP contribution in [0.15, 0.2) is 55.0 Å². The summed E-state index contributed by atoms with van der Waals surface area (Å²) >= 11 is 0. The maximum absolute atomic E-state index is 11.9. The van der Waals surface area contributed by atoms with Crippen LogP contribution in [-0.2, 0) is 18.4 Å². The SMILES string of the molecule is COc1ccc(-n2ccc(CNC(=O)C=Cc3cnn(C)c3)n2)cc1. The highest BCUT2D eigenvalue weighted by atomic mass is 16.5. The molecule has 2 aromatic heterocycles. The van der Waals surface area contributed by atoms with Crippen LogP contribution >= 0.6 is 0 Å². The van der Waals surface area contributed by atoms with E-state index < -0.39 is 0 Å². The van der Waals surface area contributed by atoms with E-state index >= 15 is 0 Å². The van der Waals surface area contributed by atoms with Crippen LogP contribution in [0.2, 0.25) is 0 Å². The van der Waals surface area contributed by atoms with E-state index in [0.29, 0.717) is 6.54 Å². The Bertz CT molecular complexity index is 877. The Labute approximate surface area is 145 Å². The first kappa shape index (κ1) is 16.5. The van der Waals surface area contributed by atoms with Crippen molar-refractivity contribution in [1.29, 1.82) is 0 Å². The zero-order valence-electron chi connectivity index (χ0n) is 14.1. The Morgan fingerprint density at radius 2 is 2.08 bits per heavy atom. The molecule has 0 aliphatic rings. The molecule has 0 spiro atoms. The number of aromatic nitrogens is 4. The van der Waals surface area contributed by atoms with Gasteiger partial charge in [-0.2, -0.15) is 10.2 Å². The predicted octanol–water partition coefficient (Wildman–Crippen LogP) is 1.94. The molecule has 1 amide bonds. The molecule has 3 aromatic rings. The van der Waals surface area contributed by atoms with Gasteiger partial charge in [0.1, 0.15) is 5.75 Å². The molecule has 1 aromatic carbocycles. The molecule has 0 atom stereocenters. The molecule has 0 saturated carbocycles. The van der Waals surface area contributed by atoms with Crippen molar-refractivity contribution >= 4 is 12.0 Å². The van der Waals surface area contributed by atoms with Gasteiger partial charge >= 0.3 is 0 Å². The van der Waals surface area contributed by atoms with Gasteiger partial charge in [-0.15, -0.1) is 0 Å². The van der Waals surface area contributed by atoms with Gasteiger partial charge in [-0.05, 0) is 36.4 Å². The molecule has 1 N–H and O–H groups in total. The first-order chi connectivity index (χ1) is 12.1. The largest absolute Gasteiger partial charge is 0.497 e. The fourth-order valence-electron chi connectivity index (χ4n) is 2.27. The van der Waals surface area contributed by atoms with Crippen molar-refractivity contribution in [3.8, 4) is 11.4 Å². The molecule has 0 bridgehead atoms. The third kappa shape index (κ3) is 4.35. The normalized spacial score (nSPS) is 11.0. The van der Waals surface area contributed by atoms with E-state index in [0.717, 1.165) is 22.7 Å². The molecular formula is C18H19N5O2. The van der Waals surface area contributed by atoms with Gasteiger partial charge in [0.05, 0.1) is 31.2 Å². The summed E-state index contributed by atoms with van der Waals surface area (Å²) in [7, 11) is 3.46. The maximum Gasteiger partial charge on any atom is 0.244 e. The number of aryl methyl sites for hydroxylation is 1. The molecule has 0 aliphatic carbocycles. The number of hydrogen-bond donors (Lipinski definition) is 1. The minimum atomic E-state index is -0.178. The molecule has 25 heavy (non-hydrogen) atoms. The average Bonchev–Trinajstić information content (AvgIpc) is 3.27. The molecule has 7 heteroatoms. The Kier molecular flexibility index (Phi) is 4.94. The lowest BCUT2D eigenvalue weighted by Gasteiger charge is -2.03. The summed E-state index contributed by atoms with van der Waals surface area (Å²) in [6.45, 7) is 0.360. The van der Waals surface area contributed by atoms with E-state index in [1.165, 1.54) is 6.08 Å². The highest BCUT2D eigenvalue weighted by molar-refractivity contribution is 5.91. The number of carbonyl (C=O) groups excluding carboxylic acids is 1. The van der Waals surface area contributed by atoms with E-state index in [4.69, 9.17) is 4.74 Å². The van der Waals surface area contributed by atoms with Gasteiger partial charge in [-0.3, -0.25) is 9.48 Å². The van der Waals surface area contributed by atoms with Gasteiger partial charge in [-0.1, -0.05) is 0 Å². The maximum atomic E-state index is 11.9. The zero-order chi connectivity index (χ0) is 17.6. The topological polar surface area (TPSA) is 74.0 Å². The van der Waals surface area contributed by atoms with Crippen LogP contribution in [-0.4, -0.2) is 32.6 Å². The average molecular weight is 337 g/mol. The number of nitrogens with zero attached hydrogens (tertiary/aromatic N) is 4. The third-order valence-electron chi connectivity index (χ3n) is 3.58. The molecule has 7 nitrogen and oxygen atoms in total. The lowest BCUT2D eigenvalue weighted by Crippen LogP contribution is -2.20. The predicted molar refractivity (Wildman–Crippen MR) is 94.2 cm³/mol. The van der Waals surface area contributed by atoms with Gasteiger partial charge in [0, 0.05) is 31.1 Å². The number of methoxy groups -OCH3 is 1. The fourth-order valence-corrected chi connectivity index (χ4v) is 2.27. The minimum Gasteiger partial charge on any atom is -0.497 e. The van der Waals surface area contributed by atoms with Crippen molar-refractivity contribution in [2.75, 3.05) is 7.11 Å². The number of ether oxygens (including phenoxy) is 1. The van der Waals surface area contributed by atoms with E-state index in [9.17, 15) is 4.79 Å². The van der Waals surface area contributed by atoms with E-state index in [1.807, 2.05) is 49.8 Å². The van der Waals surface area contributed by atoms with Crippen molar-refractivity contribution in [2.24, 2.45) is 7.05 Å². The molecule has 2 heterocycles. The summed E-state index contributed by atoms with van der Waals surface area (Å²) in [4.78, 5) is 11.9. The first-order valence-electron chi connectivity index (χ1n) is 7.77. The van der Waals surface area contributed by atoms with Gasteiger partial charge in [0.25, 0.3) is 0 Å². The number of hydrogen-bond acceptors (Lipinski definition) is 4. The Balaban J connectivity index is 1.55. The van der Waals surface area contributed by atoms with Crippen LogP contribution in [0, 0.1) is 0 Å². The molecule has 3 rings (SSSR count). The second kappa shape index (κ2) is 7.48. The lowest BCUT2D eigenvalue weighted by atomic mass is 10.3. The highest BCUT2D eigenvalue weighted by Gasteiger charge is 2.03. The van der Waals surface area contributed by atoms with Crippen LogP contribution in [0.4, 0.5) is 0 Å². The second-order valence-electron chi connectivity index (χ2n) is 5.45. The van der Waals surface area contributed by atoms with E-state index in [2.05, 4.69) is 15.5 Å². The van der Waals surface area contributed by atoms with E-state index in [1.54, 1.807) is 28.7 Å². The summed E-state index contributed by atoms with van der Waals surface area (Å²) in [5.41, 5.74) is 2.58. The monoisotopic (exact) mass is 337 g/mol. The quantitative estimate of drug-likeness (QED) is 0.698. The van der Waals surface area contributed by atoms with E-state index in [-0.39, 0.29) is 5.91 Å². The van der Waals surface area contributed by atoms with Crippen molar-refractivity contribution in [2.45, 2.75) is 6.54 Å². The molecule has 0 fully saturated rings. The zero-order valence-corrected chi connectivity index (χ0v) is 14.1. The summed E-state index contributed by atoms with van der Waals surface area (Å²) in [6.07, 6.45) is 8.59. The standard InChI is InChI=1S/C18H19N5O2/c1-22-13-14(11-20-22)3-8-18(24)19-12-15-9-10-23(21-15)16-4-6-17(25-2)7-5-16/h3-11,13H,12H2,1-2H3,(H,19,24). The number of nitrogens with one attached hydrogen (secondary N) is 1. The smallest absolute Gasteiger partial charge is 0.244 e. The number of rotatable bonds is 6. The summed E-state index contributed by atoms with van der Waals surface area (Å²) in [5.74, 6) is 0.617. The van der Waals surface area contributed by atoms with Crippen molar-refractivity contribution in [3.63, 3.8) is 0 Å². The van der Waals surface area contributed by atoms with Crippen LogP contribution in [0.5, 0.6) is 5.75 Å². The minimum absolute atomic E-state index is 0.178. The second-order valence-corrected chi connectivity index (χ2v) is 5.45. The highest BCUT2D eigenvalue weighted by Crippen LogP contribution is 2.14. The first-order valence-corrected chi connectivity index (χ1v) is 7.77. The van der Waals surface area contributed by atoms with Crippen LogP contribution in [0.1, 0.15) is 11.3 Å². The molecule has 0 aliphatic heterocycles. The molecule has 0 radical (unpaired) electrons. The Morgan fingerprint density at radius 3 is 2.76 bits per heavy atom. The third-order valence-corrected chi connectivity index (χ3v) is 3.58. The Hall–Kier alpha value is -3.35. The van der Waals surface area contributed by atoms with Crippen LogP contribution < -0.4 is 10.1 Å². The fraction of sp³-hybridized carbons (Fsp3) is 0.167. The number of benzene rings is 1. The van der Waals surface area contributed by atoms with Gasteiger partial charge in [0.2, 0.25) is 5.91 Å². The van der Waals surface area contributed by atoms with Gasteiger partial charge in [0.15, 0.2) is 0 Å². The lowest BCUT2D eigenvalue weighted by molar-refractivity contribution is -0.116. The van der Waals surface area contributed by atoms with Gasteiger partial charge in [-0.25, -0.2) is 4.68 Å². The summed E-state index contributed by atoms with van der Waals surface area (Å²) < 4.78 is 8.58. The van der Waals surface area contributed by atoms with Gasteiger partial charge < -0.3 is 10.1 Å². The van der Waals surface area contributed by atoms with Crippen molar-refractivity contribution in [3.05, 3.63) is 66.3 Å². The summed E-state index contributed by atoms with van der Waals surface area (Å²) in [5, 5.41) is 11.3.